The van der Waals surface area contributed by atoms with E-state index < -0.39 is 0 Å². The topological polar surface area (TPSA) is 6.48 Å². The van der Waals surface area contributed by atoms with Gasteiger partial charge in [0.05, 0.1) is 0 Å². The molecule has 2 nitrogen and oxygen atoms in total. The molecule has 0 aromatic heterocycles. The quantitative estimate of drug-likeness (QED) is 0.733. The van der Waals surface area contributed by atoms with Crippen molar-refractivity contribution in [3.8, 4) is 0 Å². The zero-order chi connectivity index (χ0) is 11.8. The van der Waals surface area contributed by atoms with Gasteiger partial charge in [0.2, 0.25) is 0 Å². The van der Waals surface area contributed by atoms with E-state index in [0.29, 0.717) is 5.41 Å². The van der Waals surface area contributed by atoms with E-state index in [2.05, 4.69) is 46.7 Å². The number of likely N-dealkylation sites (N-methyl/N-ethyl adjacent to an activating group) is 1. The number of alkyl halides is 1. The Morgan fingerprint density at radius 3 is 2.38 bits per heavy atom. The Kier molecular flexibility index (Phi) is 3.97. The van der Waals surface area contributed by atoms with Crippen LogP contribution in [-0.4, -0.2) is 54.9 Å². The Balaban J connectivity index is 1.88. The Labute approximate surface area is 108 Å². The minimum absolute atomic E-state index is 0.612. The van der Waals surface area contributed by atoms with E-state index in [9.17, 15) is 0 Å². The average Bonchev–Trinajstić information content (AvgIpc) is 2.53. The Morgan fingerprint density at radius 1 is 1.31 bits per heavy atom. The van der Waals surface area contributed by atoms with Crippen LogP contribution in [0.4, 0.5) is 0 Å². The lowest BCUT2D eigenvalue weighted by Crippen LogP contribution is -2.43. The van der Waals surface area contributed by atoms with E-state index in [1.54, 1.807) is 0 Å². The summed E-state index contributed by atoms with van der Waals surface area (Å²) in [6, 6.07) is 0.757. The van der Waals surface area contributed by atoms with Crippen LogP contribution in [0.25, 0.3) is 0 Å². The number of nitrogens with zero attached hydrogens (tertiary/aromatic N) is 2. The molecule has 2 unspecified atom stereocenters. The second kappa shape index (κ2) is 4.95. The number of halogens is 1. The van der Waals surface area contributed by atoms with E-state index in [4.69, 9.17) is 0 Å². The number of rotatable bonds is 4. The molecule has 16 heavy (non-hydrogen) atoms. The molecule has 0 bridgehead atoms. The van der Waals surface area contributed by atoms with E-state index >= 15 is 0 Å². The molecule has 0 N–H and O–H groups in total. The van der Waals surface area contributed by atoms with E-state index in [1.165, 1.54) is 44.2 Å². The highest BCUT2D eigenvalue weighted by atomic mass is 79.9. The van der Waals surface area contributed by atoms with Crippen molar-refractivity contribution < 1.29 is 0 Å². The van der Waals surface area contributed by atoms with Gasteiger partial charge < -0.3 is 9.80 Å². The van der Waals surface area contributed by atoms with E-state index in [-0.39, 0.29) is 0 Å². The first-order valence-corrected chi connectivity index (χ1v) is 7.63. The lowest BCUT2D eigenvalue weighted by atomic mass is 9.70. The summed E-state index contributed by atoms with van der Waals surface area (Å²) in [4.78, 5) is 5.09. The van der Waals surface area contributed by atoms with Crippen molar-refractivity contribution in [2.24, 2.45) is 11.3 Å². The highest BCUT2D eigenvalue weighted by Crippen LogP contribution is 2.43. The molecule has 0 amide bonds. The molecule has 0 aromatic rings. The van der Waals surface area contributed by atoms with Crippen molar-refractivity contribution in [3.63, 3.8) is 0 Å². The van der Waals surface area contributed by atoms with Gasteiger partial charge in [0, 0.05) is 31.0 Å². The van der Waals surface area contributed by atoms with Crippen molar-refractivity contribution >= 4 is 15.9 Å². The first-order chi connectivity index (χ1) is 7.56. The van der Waals surface area contributed by atoms with Crippen LogP contribution >= 0.6 is 15.9 Å². The summed E-state index contributed by atoms with van der Waals surface area (Å²) >= 11 is 3.71. The molecule has 1 saturated carbocycles. The van der Waals surface area contributed by atoms with Crippen LogP contribution in [-0.2, 0) is 0 Å². The van der Waals surface area contributed by atoms with Gasteiger partial charge in [-0.05, 0) is 38.3 Å². The van der Waals surface area contributed by atoms with Crippen LogP contribution in [0.5, 0.6) is 0 Å². The molecule has 2 aliphatic rings. The predicted molar refractivity (Wildman–Crippen MR) is 73.2 cm³/mol. The van der Waals surface area contributed by atoms with Gasteiger partial charge in [0.25, 0.3) is 0 Å². The number of hydrogen-bond donors (Lipinski definition) is 0. The van der Waals surface area contributed by atoms with Crippen molar-refractivity contribution in [2.75, 3.05) is 39.1 Å². The molecular weight excluding hydrogens is 264 g/mol. The SMILES string of the molecule is CC1CN(CC2(CBr)CCC2)CC1N(C)C. The van der Waals surface area contributed by atoms with Crippen LogP contribution < -0.4 is 0 Å². The van der Waals surface area contributed by atoms with Gasteiger partial charge in [-0.15, -0.1) is 0 Å². The van der Waals surface area contributed by atoms with Gasteiger partial charge in [-0.2, -0.15) is 0 Å². The van der Waals surface area contributed by atoms with E-state index in [1.807, 2.05) is 0 Å². The van der Waals surface area contributed by atoms with Gasteiger partial charge in [-0.3, -0.25) is 0 Å². The molecule has 0 aromatic carbocycles. The summed E-state index contributed by atoms with van der Waals surface area (Å²) < 4.78 is 0. The fraction of sp³-hybridized carbons (Fsp3) is 1.00. The lowest BCUT2D eigenvalue weighted by molar-refractivity contribution is 0.101. The van der Waals surface area contributed by atoms with Gasteiger partial charge in [0.15, 0.2) is 0 Å². The van der Waals surface area contributed by atoms with Crippen molar-refractivity contribution in [1.29, 1.82) is 0 Å². The Bertz CT molecular complexity index is 233. The van der Waals surface area contributed by atoms with Gasteiger partial charge in [-0.25, -0.2) is 0 Å². The normalized spacial score (nSPS) is 34.3. The van der Waals surface area contributed by atoms with Gasteiger partial charge >= 0.3 is 0 Å². The predicted octanol–water partition coefficient (Wildman–Crippen LogP) is 2.43. The van der Waals surface area contributed by atoms with Crippen molar-refractivity contribution in [2.45, 2.75) is 32.2 Å². The number of likely N-dealkylation sites (tertiary alicyclic amines) is 1. The lowest BCUT2D eigenvalue weighted by Gasteiger charge is -2.43. The molecule has 1 aliphatic carbocycles. The highest BCUT2D eigenvalue weighted by molar-refractivity contribution is 9.09. The highest BCUT2D eigenvalue weighted by Gasteiger charge is 2.40. The Hall–Kier alpha value is 0.400. The second-order valence-electron chi connectivity index (χ2n) is 6.19. The molecule has 1 saturated heterocycles. The molecule has 3 heteroatoms. The first kappa shape index (κ1) is 12.8. The molecular formula is C13H25BrN2. The third-order valence-electron chi connectivity index (χ3n) is 4.57. The van der Waals surface area contributed by atoms with Crippen molar-refractivity contribution in [3.05, 3.63) is 0 Å². The monoisotopic (exact) mass is 288 g/mol. The van der Waals surface area contributed by atoms with E-state index in [0.717, 1.165) is 12.0 Å². The third-order valence-corrected chi connectivity index (χ3v) is 5.76. The maximum absolute atomic E-state index is 3.71. The zero-order valence-corrected chi connectivity index (χ0v) is 12.5. The molecule has 0 spiro atoms. The number of hydrogen-bond acceptors (Lipinski definition) is 2. The summed E-state index contributed by atoms with van der Waals surface area (Å²) in [5.74, 6) is 0.822. The average molecular weight is 289 g/mol. The minimum Gasteiger partial charge on any atom is -0.305 e. The molecule has 94 valence electrons. The maximum Gasteiger partial charge on any atom is 0.0254 e. The molecule has 2 atom stereocenters. The van der Waals surface area contributed by atoms with Gasteiger partial charge in [-0.1, -0.05) is 29.3 Å². The van der Waals surface area contributed by atoms with Crippen LogP contribution in [0.1, 0.15) is 26.2 Å². The summed E-state index contributed by atoms with van der Waals surface area (Å²) in [6.45, 7) is 6.26. The maximum atomic E-state index is 3.71. The molecule has 1 heterocycles. The summed E-state index contributed by atoms with van der Waals surface area (Å²) in [5, 5.41) is 1.19. The summed E-state index contributed by atoms with van der Waals surface area (Å²) in [6.07, 6.45) is 4.29. The largest absolute Gasteiger partial charge is 0.305 e. The molecule has 2 fully saturated rings. The third kappa shape index (κ3) is 2.46. The molecule has 2 rings (SSSR count). The minimum atomic E-state index is 0.612. The van der Waals surface area contributed by atoms with Crippen LogP contribution in [0, 0.1) is 11.3 Å². The van der Waals surface area contributed by atoms with Crippen molar-refractivity contribution in [1.82, 2.24) is 9.80 Å². The first-order valence-electron chi connectivity index (χ1n) is 6.51. The fourth-order valence-electron chi connectivity index (χ4n) is 3.33. The summed E-state index contributed by atoms with van der Waals surface area (Å²) in [5.41, 5.74) is 0.612. The van der Waals surface area contributed by atoms with Crippen LogP contribution in [0.15, 0.2) is 0 Å². The molecule has 0 radical (unpaired) electrons. The molecule has 1 aliphatic heterocycles. The standard InChI is InChI=1S/C13H25BrN2/c1-11-7-16(8-12(11)15(2)3)10-13(9-14)5-4-6-13/h11-12H,4-10H2,1-3H3. The van der Waals surface area contributed by atoms with Crippen LogP contribution in [0.2, 0.25) is 0 Å². The zero-order valence-electron chi connectivity index (χ0n) is 10.9. The van der Waals surface area contributed by atoms with Crippen LogP contribution in [0.3, 0.4) is 0 Å². The smallest absolute Gasteiger partial charge is 0.0254 e. The van der Waals surface area contributed by atoms with Gasteiger partial charge in [0.1, 0.15) is 0 Å². The summed E-state index contributed by atoms with van der Waals surface area (Å²) in [7, 11) is 4.43. The second-order valence-corrected chi connectivity index (χ2v) is 6.75. The fourth-order valence-corrected chi connectivity index (χ4v) is 4.07. The Morgan fingerprint density at radius 2 is 2.00 bits per heavy atom.